The predicted molar refractivity (Wildman–Crippen MR) is 90.8 cm³/mol. The normalized spacial score (nSPS) is 25.5. The van der Waals surface area contributed by atoms with Gasteiger partial charge in [-0.2, -0.15) is 0 Å². The van der Waals surface area contributed by atoms with Gasteiger partial charge in [0.25, 0.3) is 0 Å². The first kappa shape index (κ1) is 13.6. The van der Waals surface area contributed by atoms with E-state index in [2.05, 4.69) is 60.7 Å². The van der Waals surface area contributed by atoms with Crippen LogP contribution in [0.1, 0.15) is 19.3 Å². The Kier molecular flexibility index (Phi) is 3.72. The molecule has 22 heavy (non-hydrogen) atoms. The van der Waals surface area contributed by atoms with Crippen LogP contribution in [0, 0.1) is 17.8 Å². The third kappa shape index (κ3) is 2.81. The van der Waals surface area contributed by atoms with E-state index < -0.39 is 0 Å². The second-order valence-electron chi connectivity index (χ2n) is 6.57. The van der Waals surface area contributed by atoms with Gasteiger partial charge in [-0.1, -0.05) is 54.6 Å². The average Bonchev–Trinajstić information content (AvgIpc) is 3.19. The molecule has 1 saturated carbocycles. The summed E-state index contributed by atoms with van der Waals surface area (Å²) in [5, 5.41) is 0. The van der Waals surface area contributed by atoms with Crippen LogP contribution in [0.15, 0.2) is 66.7 Å². The molecule has 3 unspecified atom stereocenters. The topological polar surface area (TPSA) is 9.23 Å². The molecule has 0 aromatic heterocycles. The first-order chi connectivity index (χ1) is 10.9. The van der Waals surface area contributed by atoms with Crippen molar-refractivity contribution < 1.29 is 4.74 Å². The van der Waals surface area contributed by atoms with Crippen molar-refractivity contribution in [2.24, 2.45) is 17.8 Å². The molecule has 112 valence electrons. The number of benzene rings is 2. The molecule has 0 amide bonds. The van der Waals surface area contributed by atoms with Gasteiger partial charge in [0.05, 0.1) is 6.61 Å². The van der Waals surface area contributed by atoms with Crippen LogP contribution >= 0.6 is 0 Å². The molecule has 2 aliphatic rings. The summed E-state index contributed by atoms with van der Waals surface area (Å²) in [7, 11) is 0. The summed E-state index contributed by atoms with van der Waals surface area (Å²) in [6.07, 6.45) is 8.78. The highest BCUT2D eigenvalue weighted by molar-refractivity contribution is 5.63. The van der Waals surface area contributed by atoms with E-state index in [-0.39, 0.29) is 0 Å². The van der Waals surface area contributed by atoms with Crippen molar-refractivity contribution in [1.82, 2.24) is 0 Å². The van der Waals surface area contributed by atoms with Gasteiger partial charge in [0.15, 0.2) is 0 Å². The second kappa shape index (κ2) is 6.00. The van der Waals surface area contributed by atoms with Crippen molar-refractivity contribution >= 4 is 0 Å². The fraction of sp³-hybridized carbons (Fsp3) is 0.333. The van der Waals surface area contributed by atoms with Crippen LogP contribution in [-0.2, 0) is 0 Å². The Hall–Kier alpha value is -2.02. The molecule has 0 spiro atoms. The van der Waals surface area contributed by atoms with Crippen LogP contribution < -0.4 is 4.74 Å². The second-order valence-corrected chi connectivity index (χ2v) is 6.57. The predicted octanol–water partition coefficient (Wildman–Crippen LogP) is 5.33. The van der Waals surface area contributed by atoms with E-state index in [1.165, 1.54) is 30.4 Å². The van der Waals surface area contributed by atoms with Gasteiger partial charge in [0.1, 0.15) is 5.75 Å². The van der Waals surface area contributed by atoms with Gasteiger partial charge in [-0.3, -0.25) is 0 Å². The molecule has 2 aliphatic carbocycles. The van der Waals surface area contributed by atoms with E-state index in [1.807, 2.05) is 6.07 Å². The fourth-order valence-corrected chi connectivity index (χ4v) is 3.93. The van der Waals surface area contributed by atoms with E-state index in [0.717, 1.165) is 30.1 Å². The molecule has 0 heterocycles. The van der Waals surface area contributed by atoms with Gasteiger partial charge in [-0.15, -0.1) is 0 Å². The number of hydrogen-bond donors (Lipinski definition) is 0. The van der Waals surface area contributed by atoms with Crippen molar-refractivity contribution in [3.05, 3.63) is 66.7 Å². The lowest BCUT2D eigenvalue weighted by atomic mass is 9.91. The van der Waals surface area contributed by atoms with Crippen LogP contribution in [-0.4, -0.2) is 6.61 Å². The molecule has 0 saturated heterocycles. The molecule has 4 rings (SSSR count). The van der Waals surface area contributed by atoms with Crippen molar-refractivity contribution in [3.63, 3.8) is 0 Å². The maximum atomic E-state index is 5.94. The molecular formula is C21H22O. The minimum Gasteiger partial charge on any atom is -0.494 e. The maximum absolute atomic E-state index is 5.94. The molecule has 1 nitrogen and oxygen atoms in total. The Labute approximate surface area is 132 Å². The van der Waals surface area contributed by atoms with E-state index >= 15 is 0 Å². The summed E-state index contributed by atoms with van der Waals surface area (Å²) in [5.74, 6) is 3.52. The molecule has 3 atom stereocenters. The summed E-state index contributed by atoms with van der Waals surface area (Å²) >= 11 is 0. The van der Waals surface area contributed by atoms with Crippen LogP contribution in [0.25, 0.3) is 11.1 Å². The quantitative estimate of drug-likeness (QED) is 0.676. The summed E-state index contributed by atoms with van der Waals surface area (Å²) in [6, 6.07) is 18.9. The summed E-state index contributed by atoms with van der Waals surface area (Å²) < 4.78 is 5.94. The van der Waals surface area contributed by atoms with Crippen LogP contribution in [0.2, 0.25) is 0 Å². The highest BCUT2D eigenvalue weighted by Gasteiger charge is 2.35. The van der Waals surface area contributed by atoms with E-state index in [0.29, 0.717) is 0 Å². The van der Waals surface area contributed by atoms with Gasteiger partial charge >= 0.3 is 0 Å². The molecule has 2 bridgehead atoms. The van der Waals surface area contributed by atoms with Crippen molar-refractivity contribution in [1.29, 1.82) is 0 Å². The molecule has 2 aromatic rings. The lowest BCUT2D eigenvalue weighted by molar-refractivity contribution is 0.263. The van der Waals surface area contributed by atoms with Gasteiger partial charge in [-0.05, 0) is 60.3 Å². The van der Waals surface area contributed by atoms with Crippen LogP contribution in [0.5, 0.6) is 5.75 Å². The Bertz CT molecular complexity index is 641. The standard InChI is InChI=1S/C21H22O/c1-2-4-17(5-3-1)18-8-10-21(11-9-18)22-13-12-20-15-16-6-7-19(20)14-16/h1-11,16,19-20H,12-15H2. The lowest BCUT2D eigenvalue weighted by Gasteiger charge is -2.18. The first-order valence-corrected chi connectivity index (χ1v) is 8.35. The van der Waals surface area contributed by atoms with E-state index in [1.54, 1.807) is 0 Å². The fourth-order valence-electron chi connectivity index (χ4n) is 3.93. The third-order valence-electron chi connectivity index (χ3n) is 5.14. The zero-order valence-electron chi connectivity index (χ0n) is 12.8. The minimum absolute atomic E-state index is 0.828. The maximum Gasteiger partial charge on any atom is 0.119 e. The number of allylic oxidation sites excluding steroid dienone is 2. The molecule has 2 aromatic carbocycles. The Morgan fingerprint density at radius 1 is 0.818 bits per heavy atom. The van der Waals surface area contributed by atoms with Crippen molar-refractivity contribution in [3.8, 4) is 16.9 Å². The monoisotopic (exact) mass is 290 g/mol. The number of ether oxygens (including phenoxy) is 1. The summed E-state index contributed by atoms with van der Waals surface area (Å²) in [6.45, 7) is 0.840. The molecule has 0 radical (unpaired) electrons. The highest BCUT2D eigenvalue weighted by atomic mass is 16.5. The SMILES string of the molecule is C1=CC2CC1CC2CCOc1ccc(-c2ccccc2)cc1. The van der Waals surface area contributed by atoms with E-state index in [9.17, 15) is 0 Å². The summed E-state index contributed by atoms with van der Waals surface area (Å²) in [5.41, 5.74) is 2.49. The summed E-state index contributed by atoms with van der Waals surface area (Å²) in [4.78, 5) is 0. The average molecular weight is 290 g/mol. The van der Waals surface area contributed by atoms with Crippen LogP contribution in [0.4, 0.5) is 0 Å². The zero-order chi connectivity index (χ0) is 14.8. The van der Waals surface area contributed by atoms with E-state index in [4.69, 9.17) is 4.74 Å². The van der Waals surface area contributed by atoms with Crippen molar-refractivity contribution in [2.75, 3.05) is 6.61 Å². The molecule has 0 aliphatic heterocycles. The van der Waals surface area contributed by atoms with Crippen molar-refractivity contribution in [2.45, 2.75) is 19.3 Å². The third-order valence-corrected chi connectivity index (χ3v) is 5.14. The number of fused-ring (bicyclic) bond motifs is 2. The molecular weight excluding hydrogens is 268 g/mol. The molecule has 0 N–H and O–H groups in total. The molecule has 1 fully saturated rings. The van der Waals surface area contributed by atoms with Gasteiger partial charge in [0, 0.05) is 0 Å². The highest BCUT2D eigenvalue weighted by Crippen LogP contribution is 2.44. The number of rotatable bonds is 5. The van der Waals surface area contributed by atoms with Gasteiger partial charge in [0.2, 0.25) is 0 Å². The minimum atomic E-state index is 0.828. The number of hydrogen-bond acceptors (Lipinski definition) is 1. The first-order valence-electron chi connectivity index (χ1n) is 8.35. The Morgan fingerprint density at radius 2 is 1.59 bits per heavy atom. The molecule has 1 heteroatoms. The van der Waals surface area contributed by atoms with Crippen LogP contribution in [0.3, 0.4) is 0 Å². The lowest BCUT2D eigenvalue weighted by Crippen LogP contribution is -2.11. The van der Waals surface area contributed by atoms with Gasteiger partial charge in [-0.25, -0.2) is 0 Å². The zero-order valence-corrected chi connectivity index (χ0v) is 12.8. The van der Waals surface area contributed by atoms with Gasteiger partial charge < -0.3 is 4.74 Å². The Morgan fingerprint density at radius 3 is 2.27 bits per heavy atom. The Balaban J connectivity index is 1.31. The largest absolute Gasteiger partial charge is 0.494 e. The smallest absolute Gasteiger partial charge is 0.119 e.